The fourth-order valence-corrected chi connectivity index (χ4v) is 3.89. The Balaban J connectivity index is 1.57. The highest BCUT2D eigenvalue weighted by Crippen LogP contribution is 2.33. The molecule has 2 N–H and O–H groups in total. The first kappa shape index (κ1) is 19.1. The van der Waals surface area contributed by atoms with Crippen molar-refractivity contribution >= 4 is 39.6 Å². The van der Waals surface area contributed by atoms with Gasteiger partial charge in [-0.1, -0.05) is 11.3 Å². The second-order valence-electron chi connectivity index (χ2n) is 5.44. The van der Waals surface area contributed by atoms with Gasteiger partial charge < -0.3 is 10.6 Å². The average molecular weight is 411 g/mol. The second-order valence-corrected chi connectivity index (χ2v) is 7.21. The van der Waals surface area contributed by atoms with Crippen LogP contribution in [0.4, 0.5) is 13.9 Å². The molecule has 0 unspecified atom stereocenters. The molecule has 142 valence electrons. The quantitative estimate of drug-likeness (QED) is 0.623. The third-order valence-electron chi connectivity index (χ3n) is 3.55. The summed E-state index contributed by atoms with van der Waals surface area (Å²) in [6.45, 7) is -0.880. The van der Waals surface area contributed by atoms with Crippen LogP contribution in [0.2, 0.25) is 0 Å². The van der Waals surface area contributed by atoms with Crippen LogP contribution >= 0.6 is 22.7 Å². The first-order valence-electron chi connectivity index (χ1n) is 7.84. The van der Waals surface area contributed by atoms with Gasteiger partial charge >= 0.3 is 6.55 Å². The van der Waals surface area contributed by atoms with Gasteiger partial charge in [-0.3, -0.25) is 14.2 Å². The van der Waals surface area contributed by atoms with Crippen LogP contribution in [0, 0.1) is 6.92 Å². The molecular formula is C16H15F2N5O2S2. The summed E-state index contributed by atoms with van der Waals surface area (Å²) in [4.78, 5) is 32.4. The van der Waals surface area contributed by atoms with E-state index in [0.29, 0.717) is 21.3 Å². The normalized spacial score (nSPS) is 11.0. The van der Waals surface area contributed by atoms with E-state index < -0.39 is 6.55 Å². The van der Waals surface area contributed by atoms with Gasteiger partial charge in [0.2, 0.25) is 5.91 Å². The van der Waals surface area contributed by atoms with Crippen molar-refractivity contribution in [1.82, 2.24) is 19.9 Å². The number of rotatable bonds is 7. The largest absolute Gasteiger partial charge is 0.351 e. The number of amides is 2. The molecule has 0 aliphatic rings. The number of aromatic nitrogens is 3. The summed E-state index contributed by atoms with van der Waals surface area (Å²) < 4.78 is 26.8. The molecule has 2 amide bonds. The molecule has 0 saturated heterocycles. The third kappa shape index (κ3) is 4.55. The number of anilines is 1. The molecule has 3 rings (SSSR count). The SMILES string of the molecule is Cc1nc(NC(=O)CCNC(=O)c2ccsc2)sc1-c1nccn1C(F)F. The predicted molar refractivity (Wildman–Crippen MR) is 99.2 cm³/mol. The molecule has 0 aliphatic heterocycles. The number of nitrogens with one attached hydrogen (secondary N) is 2. The number of carbonyl (C=O) groups excluding carboxylic acids is 2. The summed E-state index contributed by atoms with van der Waals surface area (Å²) in [6.07, 6.45) is 2.54. The van der Waals surface area contributed by atoms with Crippen molar-refractivity contribution in [2.45, 2.75) is 19.9 Å². The van der Waals surface area contributed by atoms with E-state index in [1.54, 1.807) is 23.8 Å². The predicted octanol–water partition coefficient (Wildman–Crippen LogP) is 3.53. The lowest BCUT2D eigenvalue weighted by molar-refractivity contribution is -0.116. The molecule has 0 spiro atoms. The van der Waals surface area contributed by atoms with Gasteiger partial charge in [0.25, 0.3) is 5.91 Å². The molecule has 3 heterocycles. The Bertz CT molecular complexity index is 937. The maximum Gasteiger partial charge on any atom is 0.320 e. The van der Waals surface area contributed by atoms with E-state index in [-0.39, 0.29) is 30.6 Å². The highest BCUT2D eigenvalue weighted by atomic mass is 32.1. The third-order valence-corrected chi connectivity index (χ3v) is 5.30. The zero-order valence-electron chi connectivity index (χ0n) is 14.1. The monoisotopic (exact) mass is 411 g/mol. The standard InChI is InChI=1S/C16H15F2N5O2S2/c1-9-12(13-19-5-6-23(13)15(17)18)27-16(21-9)22-11(24)2-4-20-14(25)10-3-7-26-8-10/h3,5-8,15H,2,4H2,1H3,(H,20,25)(H,21,22,24). The molecule has 3 aromatic heterocycles. The summed E-state index contributed by atoms with van der Waals surface area (Å²) in [7, 11) is 0. The topological polar surface area (TPSA) is 88.9 Å². The number of hydrogen-bond donors (Lipinski definition) is 2. The number of nitrogens with zero attached hydrogens (tertiary/aromatic N) is 3. The Morgan fingerprint density at radius 2 is 2.19 bits per heavy atom. The van der Waals surface area contributed by atoms with E-state index in [1.165, 1.54) is 23.7 Å². The summed E-state index contributed by atoms with van der Waals surface area (Å²) in [5, 5.41) is 9.08. The molecule has 0 bridgehead atoms. The van der Waals surface area contributed by atoms with Crippen LogP contribution in [-0.2, 0) is 4.79 Å². The van der Waals surface area contributed by atoms with Crippen LogP contribution in [-0.4, -0.2) is 32.9 Å². The minimum atomic E-state index is -2.71. The Morgan fingerprint density at radius 3 is 2.89 bits per heavy atom. The number of aryl methyl sites for hydroxylation is 1. The smallest absolute Gasteiger partial charge is 0.320 e. The Hall–Kier alpha value is -2.66. The van der Waals surface area contributed by atoms with Crippen LogP contribution in [0.25, 0.3) is 10.7 Å². The van der Waals surface area contributed by atoms with Gasteiger partial charge in [-0.25, -0.2) is 9.97 Å². The highest BCUT2D eigenvalue weighted by molar-refractivity contribution is 7.19. The van der Waals surface area contributed by atoms with Gasteiger partial charge in [-0.15, -0.1) is 0 Å². The maximum atomic E-state index is 13.0. The van der Waals surface area contributed by atoms with Gasteiger partial charge in [0, 0.05) is 36.3 Å². The first-order valence-corrected chi connectivity index (χ1v) is 9.60. The molecule has 11 heteroatoms. The lowest BCUT2D eigenvalue weighted by Crippen LogP contribution is -2.27. The van der Waals surface area contributed by atoms with E-state index in [2.05, 4.69) is 20.6 Å². The number of hydrogen-bond acceptors (Lipinski definition) is 6. The van der Waals surface area contributed by atoms with Gasteiger partial charge in [-0.2, -0.15) is 20.1 Å². The summed E-state index contributed by atoms with van der Waals surface area (Å²) >= 11 is 2.48. The summed E-state index contributed by atoms with van der Waals surface area (Å²) in [6, 6.07) is 1.70. The van der Waals surface area contributed by atoms with Gasteiger partial charge in [0.05, 0.1) is 10.6 Å². The molecule has 0 radical (unpaired) electrons. The van der Waals surface area contributed by atoms with Crippen molar-refractivity contribution in [2.75, 3.05) is 11.9 Å². The Morgan fingerprint density at radius 1 is 1.37 bits per heavy atom. The van der Waals surface area contributed by atoms with Crippen LogP contribution in [0.1, 0.15) is 29.0 Å². The van der Waals surface area contributed by atoms with Crippen LogP contribution < -0.4 is 10.6 Å². The molecule has 0 aliphatic carbocycles. The molecular weight excluding hydrogens is 396 g/mol. The van der Waals surface area contributed by atoms with Gasteiger partial charge in [0.15, 0.2) is 11.0 Å². The van der Waals surface area contributed by atoms with Gasteiger partial charge in [-0.05, 0) is 18.4 Å². The lowest BCUT2D eigenvalue weighted by Gasteiger charge is -2.04. The number of imidazole rings is 1. The van der Waals surface area contributed by atoms with E-state index in [1.807, 2.05) is 0 Å². The number of thiophene rings is 1. The Kier molecular flexibility index (Phi) is 5.91. The molecule has 0 fully saturated rings. The molecule has 3 aromatic rings. The number of thiazole rings is 1. The minimum absolute atomic E-state index is 0.0650. The fraction of sp³-hybridized carbons (Fsp3) is 0.250. The van der Waals surface area contributed by atoms with E-state index in [0.717, 1.165) is 15.9 Å². The van der Waals surface area contributed by atoms with E-state index in [9.17, 15) is 18.4 Å². The molecule has 0 saturated carbocycles. The summed E-state index contributed by atoms with van der Waals surface area (Å²) in [5.74, 6) is -0.475. The minimum Gasteiger partial charge on any atom is -0.351 e. The highest BCUT2D eigenvalue weighted by Gasteiger charge is 2.19. The number of halogens is 2. The molecule has 0 aromatic carbocycles. The van der Waals surface area contributed by atoms with Crippen LogP contribution in [0.15, 0.2) is 29.2 Å². The average Bonchev–Trinajstić information content (AvgIpc) is 3.35. The lowest BCUT2D eigenvalue weighted by atomic mass is 10.3. The second kappa shape index (κ2) is 8.35. The number of carbonyl (C=O) groups is 2. The van der Waals surface area contributed by atoms with Crippen molar-refractivity contribution in [3.8, 4) is 10.7 Å². The zero-order chi connectivity index (χ0) is 19.4. The van der Waals surface area contributed by atoms with Gasteiger partial charge in [0.1, 0.15) is 0 Å². The van der Waals surface area contributed by atoms with E-state index >= 15 is 0 Å². The van der Waals surface area contributed by atoms with Crippen molar-refractivity contribution in [3.05, 3.63) is 40.5 Å². The number of alkyl halides is 2. The van der Waals surface area contributed by atoms with Crippen molar-refractivity contribution in [3.63, 3.8) is 0 Å². The van der Waals surface area contributed by atoms with Crippen molar-refractivity contribution in [1.29, 1.82) is 0 Å². The Labute approximate surface area is 161 Å². The van der Waals surface area contributed by atoms with Crippen molar-refractivity contribution < 1.29 is 18.4 Å². The van der Waals surface area contributed by atoms with Crippen LogP contribution in [0.3, 0.4) is 0 Å². The van der Waals surface area contributed by atoms with Crippen LogP contribution in [0.5, 0.6) is 0 Å². The molecule has 7 nitrogen and oxygen atoms in total. The van der Waals surface area contributed by atoms with Crippen molar-refractivity contribution in [2.24, 2.45) is 0 Å². The summed E-state index contributed by atoms with van der Waals surface area (Å²) in [5.41, 5.74) is 1.05. The molecule has 0 atom stereocenters. The fourth-order valence-electron chi connectivity index (χ4n) is 2.27. The van der Waals surface area contributed by atoms with E-state index in [4.69, 9.17) is 0 Å². The zero-order valence-corrected chi connectivity index (χ0v) is 15.7. The first-order chi connectivity index (χ1) is 13.0. The molecule has 27 heavy (non-hydrogen) atoms. The maximum absolute atomic E-state index is 13.0.